The molecule has 0 aliphatic heterocycles. The average molecular weight is 306 g/mol. The normalized spacial score (nSPS) is 37.3. The fourth-order valence-corrected chi connectivity index (χ4v) is 4.90. The van der Waals surface area contributed by atoms with E-state index in [2.05, 4.69) is 6.92 Å². The number of methoxy groups -OCH3 is 1. The molecule has 2 aliphatic carbocycles. The predicted molar refractivity (Wildman–Crippen MR) is 84.3 cm³/mol. The number of rotatable bonds is 2. The van der Waals surface area contributed by atoms with E-state index in [1.54, 1.807) is 7.11 Å². The molecule has 22 heavy (non-hydrogen) atoms. The molecule has 0 amide bonds. The first-order chi connectivity index (χ1) is 10.4. The molecule has 1 aromatic carbocycles. The summed E-state index contributed by atoms with van der Waals surface area (Å²) in [4.78, 5) is 0. The van der Waals surface area contributed by atoms with Crippen LogP contribution in [0, 0.1) is 11.3 Å². The summed E-state index contributed by atoms with van der Waals surface area (Å²) >= 11 is 0. The summed E-state index contributed by atoms with van der Waals surface area (Å²) in [7, 11) is 1.56. The number of hydrogen-bond donors (Lipinski definition) is 3. The molecule has 0 heterocycles. The summed E-state index contributed by atoms with van der Waals surface area (Å²) in [6.45, 7) is 4.20. The summed E-state index contributed by atoms with van der Waals surface area (Å²) in [6.07, 6.45) is 2.90. The second kappa shape index (κ2) is 5.14. The zero-order valence-corrected chi connectivity index (χ0v) is 13.6. The smallest absolute Gasteiger partial charge is 0.160 e. The predicted octanol–water partition coefficient (Wildman–Crippen LogP) is 2.37. The quantitative estimate of drug-likeness (QED) is 0.784. The van der Waals surface area contributed by atoms with Crippen LogP contribution in [-0.2, 0) is 11.8 Å². The van der Waals surface area contributed by atoms with Crippen LogP contribution in [0.2, 0.25) is 0 Å². The Morgan fingerprint density at radius 3 is 2.64 bits per heavy atom. The lowest BCUT2D eigenvalue weighted by molar-refractivity contribution is -0.110. The highest BCUT2D eigenvalue weighted by molar-refractivity contribution is 5.51. The Balaban J connectivity index is 2.12. The molecule has 1 aromatic rings. The number of aryl methyl sites for hydroxylation is 1. The van der Waals surface area contributed by atoms with E-state index in [4.69, 9.17) is 4.74 Å². The molecule has 2 aliphatic rings. The van der Waals surface area contributed by atoms with E-state index in [1.807, 2.05) is 19.1 Å². The van der Waals surface area contributed by atoms with E-state index in [1.165, 1.54) is 5.56 Å². The number of benzene rings is 1. The van der Waals surface area contributed by atoms with Crippen molar-refractivity contribution in [2.24, 2.45) is 11.3 Å². The molecule has 4 nitrogen and oxygen atoms in total. The van der Waals surface area contributed by atoms with E-state index in [9.17, 15) is 15.3 Å². The molecule has 4 atom stereocenters. The molecule has 0 bridgehead atoms. The lowest BCUT2D eigenvalue weighted by Crippen LogP contribution is -2.56. The number of aliphatic hydroxyl groups excluding tert-OH is 2. The Morgan fingerprint density at radius 2 is 2.00 bits per heavy atom. The first-order valence-electron chi connectivity index (χ1n) is 8.06. The maximum absolute atomic E-state index is 10.4. The minimum absolute atomic E-state index is 0.00804. The van der Waals surface area contributed by atoms with Crippen molar-refractivity contribution < 1.29 is 20.1 Å². The highest BCUT2D eigenvalue weighted by Gasteiger charge is 2.55. The van der Waals surface area contributed by atoms with Crippen molar-refractivity contribution in [3.05, 3.63) is 23.3 Å². The molecular weight excluding hydrogens is 280 g/mol. The van der Waals surface area contributed by atoms with Gasteiger partial charge in [-0.1, -0.05) is 13.8 Å². The fourth-order valence-electron chi connectivity index (χ4n) is 4.90. The highest BCUT2D eigenvalue weighted by atomic mass is 16.5. The Bertz CT molecular complexity index is 585. The van der Waals surface area contributed by atoms with Gasteiger partial charge in [0.25, 0.3) is 0 Å². The van der Waals surface area contributed by atoms with Gasteiger partial charge >= 0.3 is 0 Å². The van der Waals surface area contributed by atoms with Crippen LogP contribution < -0.4 is 4.74 Å². The van der Waals surface area contributed by atoms with Crippen LogP contribution in [0.3, 0.4) is 0 Å². The van der Waals surface area contributed by atoms with Crippen molar-refractivity contribution in [3.63, 3.8) is 0 Å². The molecule has 0 aromatic heterocycles. The molecule has 1 fully saturated rings. The topological polar surface area (TPSA) is 69.9 Å². The van der Waals surface area contributed by atoms with Crippen molar-refractivity contribution >= 4 is 0 Å². The Morgan fingerprint density at radius 1 is 1.27 bits per heavy atom. The third-order valence-corrected chi connectivity index (χ3v) is 6.33. The number of phenols is 1. The molecule has 0 spiro atoms. The van der Waals surface area contributed by atoms with E-state index in [-0.39, 0.29) is 23.7 Å². The van der Waals surface area contributed by atoms with Crippen LogP contribution in [0.25, 0.3) is 0 Å². The van der Waals surface area contributed by atoms with Crippen LogP contribution in [0.1, 0.15) is 44.2 Å². The minimum atomic E-state index is -0.486. The minimum Gasteiger partial charge on any atom is -0.504 e. The fraction of sp³-hybridized carbons (Fsp3) is 0.667. The molecule has 122 valence electrons. The maximum Gasteiger partial charge on any atom is 0.160 e. The van der Waals surface area contributed by atoms with Gasteiger partial charge in [0.1, 0.15) is 0 Å². The summed E-state index contributed by atoms with van der Waals surface area (Å²) in [5, 5.41) is 30.6. The van der Waals surface area contributed by atoms with Gasteiger partial charge in [-0.05, 0) is 60.3 Å². The van der Waals surface area contributed by atoms with Gasteiger partial charge in [0, 0.05) is 5.41 Å². The second-order valence-corrected chi connectivity index (χ2v) is 7.41. The van der Waals surface area contributed by atoms with Crippen molar-refractivity contribution in [1.82, 2.24) is 0 Å². The molecule has 1 unspecified atom stereocenters. The first kappa shape index (κ1) is 15.6. The summed E-state index contributed by atoms with van der Waals surface area (Å²) in [6, 6.07) is 3.77. The average Bonchev–Trinajstić information content (AvgIpc) is 2.51. The largest absolute Gasteiger partial charge is 0.504 e. The number of phenolic OH excluding ortho intramolecular Hbond substituents is 1. The van der Waals surface area contributed by atoms with E-state index in [0.717, 1.165) is 24.8 Å². The van der Waals surface area contributed by atoms with Crippen LogP contribution >= 0.6 is 0 Å². The van der Waals surface area contributed by atoms with Gasteiger partial charge in [-0.15, -0.1) is 0 Å². The first-order valence-corrected chi connectivity index (χ1v) is 8.06. The van der Waals surface area contributed by atoms with Crippen molar-refractivity contribution in [2.45, 2.75) is 51.0 Å². The van der Waals surface area contributed by atoms with E-state index >= 15 is 0 Å². The van der Waals surface area contributed by atoms with E-state index in [0.29, 0.717) is 12.2 Å². The SMILES string of the molecule is COc1cc2c(cc1O)[C@@]1(C)CC[C@@H](O)C(C)(CO)[C@@H]1CC2. The number of aliphatic hydroxyl groups is 2. The lowest BCUT2D eigenvalue weighted by Gasteiger charge is -2.56. The van der Waals surface area contributed by atoms with Gasteiger partial charge in [0.2, 0.25) is 0 Å². The standard InChI is InChI=1S/C18H26O4/c1-17-7-6-16(21)18(2,10-19)15(17)5-4-11-8-14(22-3)13(20)9-12(11)17/h8-9,15-16,19-21H,4-7,10H2,1-3H3/t15-,16-,17-,18?/m1/s1. The zero-order chi connectivity index (χ0) is 16.1. The van der Waals surface area contributed by atoms with Gasteiger partial charge in [-0.3, -0.25) is 0 Å². The Kier molecular flexibility index (Phi) is 3.65. The van der Waals surface area contributed by atoms with Crippen LogP contribution in [0.5, 0.6) is 11.5 Å². The van der Waals surface area contributed by atoms with Crippen molar-refractivity contribution in [2.75, 3.05) is 13.7 Å². The summed E-state index contributed by atoms with van der Waals surface area (Å²) in [5.41, 5.74) is 1.74. The highest BCUT2D eigenvalue weighted by Crippen LogP contribution is 2.58. The van der Waals surface area contributed by atoms with Crippen molar-refractivity contribution in [3.8, 4) is 11.5 Å². The van der Waals surface area contributed by atoms with Crippen LogP contribution in [0.4, 0.5) is 0 Å². The monoisotopic (exact) mass is 306 g/mol. The molecular formula is C18H26O4. The van der Waals surface area contributed by atoms with Gasteiger partial charge < -0.3 is 20.1 Å². The number of hydrogen-bond acceptors (Lipinski definition) is 4. The summed E-state index contributed by atoms with van der Waals surface area (Å²) in [5.74, 6) is 0.885. The van der Waals surface area contributed by atoms with Gasteiger partial charge in [0.15, 0.2) is 11.5 Å². The number of aromatic hydroxyl groups is 1. The second-order valence-electron chi connectivity index (χ2n) is 7.41. The Labute approximate surface area is 131 Å². The van der Waals surface area contributed by atoms with Crippen molar-refractivity contribution in [1.29, 1.82) is 0 Å². The molecule has 0 saturated heterocycles. The third kappa shape index (κ3) is 1.97. The van der Waals surface area contributed by atoms with E-state index < -0.39 is 11.5 Å². The Hall–Kier alpha value is -1.26. The molecule has 3 rings (SSSR count). The maximum atomic E-state index is 10.4. The number of fused-ring (bicyclic) bond motifs is 3. The lowest BCUT2D eigenvalue weighted by atomic mass is 9.49. The number of ether oxygens (including phenoxy) is 1. The molecule has 1 saturated carbocycles. The van der Waals surface area contributed by atoms with Crippen LogP contribution in [0.15, 0.2) is 12.1 Å². The van der Waals surface area contributed by atoms with Gasteiger partial charge in [-0.2, -0.15) is 0 Å². The van der Waals surface area contributed by atoms with Gasteiger partial charge in [0.05, 0.1) is 19.8 Å². The zero-order valence-electron chi connectivity index (χ0n) is 13.6. The van der Waals surface area contributed by atoms with Gasteiger partial charge in [-0.25, -0.2) is 0 Å². The molecule has 3 N–H and O–H groups in total. The molecule has 0 radical (unpaired) electrons. The summed E-state index contributed by atoms with van der Waals surface area (Å²) < 4.78 is 5.23. The third-order valence-electron chi connectivity index (χ3n) is 6.33. The molecule has 4 heteroatoms. The van der Waals surface area contributed by atoms with Crippen LogP contribution in [-0.4, -0.2) is 35.1 Å².